The fourth-order valence-corrected chi connectivity index (χ4v) is 2.95. The maximum Gasteiger partial charge on any atom is 0.241 e. The zero-order chi connectivity index (χ0) is 13.1. The van der Waals surface area contributed by atoms with E-state index >= 15 is 0 Å². The second-order valence-electron chi connectivity index (χ2n) is 4.37. The van der Waals surface area contributed by atoms with Crippen LogP contribution in [0.5, 0.6) is 5.75 Å². The van der Waals surface area contributed by atoms with Crippen LogP contribution in [-0.4, -0.2) is 19.1 Å². The van der Waals surface area contributed by atoms with Gasteiger partial charge in [0.05, 0.1) is 4.90 Å². The first-order chi connectivity index (χ1) is 7.83. The third-order valence-corrected chi connectivity index (χ3v) is 4.74. The molecule has 0 amide bonds. The summed E-state index contributed by atoms with van der Waals surface area (Å²) in [4.78, 5) is 0.170. The van der Waals surface area contributed by atoms with Crippen molar-refractivity contribution >= 4 is 10.0 Å². The molecule has 0 spiro atoms. The molecule has 96 valence electrons. The molecule has 0 saturated heterocycles. The molecule has 0 fully saturated rings. The molecule has 1 rings (SSSR count). The number of nitrogens with one attached hydrogen (secondary N) is 1. The normalized spacial score (nSPS) is 12.6. The van der Waals surface area contributed by atoms with E-state index in [0.29, 0.717) is 0 Å². The van der Waals surface area contributed by atoms with Gasteiger partial charge >= 0.3 is 0 Å². The molecule has 0 aliphatic carbocycles. The number of phenols is 1. The average molecular weight is 257 g/mol. The molecule has 1 aromatic rings. The topological polar surface area (TPSA) is 66.4 Å². The van der Waals surface area contributed by atoms with E-state index < -0.39 is 15.6 Å². The van der Waals surface area contributed by atoms with E-state index in [4.69, 9.17) is 5.11 Å². The van der Waals surface area contributed by atoms with Crippen LogP contribution in [0.3, 0.4) is 0 Å². The smallest absolute Gasteiger partial charge is 0.241 e. The van der Waals surface area contributed by atoms with E-state index in [9.17, 15) is 8.42 Å². The average Bonchev–Trinajstić information content (AvgIpc) is 2.29. The van der Waals surface area contributed by atoms with Crippen LogP contribution in [-0.2, 0) is 10.0 Å². The van der Waals surface area contributed by atoms with Crippen LogP contribution >= 0.6 is 0 Å². The Hall–Kier alpha value is -1.07. The predicted molar refractivity (Wildman–Crippen MR) is 67.4 cm³/mol. The van der Waals surface area contributed by atoms with Gasteiger partial charge in [0, 0.05) is 5.54 Å². The first-order valence-corrected chi connectivity index (χ1v) is 7.14. The first kappa shape index (κ1) is 14.0. The third kappa shape index (κ3) is 3.44. The number of benzene rings is 1. The van der Waals surface area contributed by atoms with Gasteiger partial charge in [0.1, 0.15) is 5.75 Å². The van der Waals surface area contributed by atoms with Crippen LogP contribution in [0.4, 0.5) is 0 Å². The summed E-state index contributed by atoms with van der Waals surface area (Å²) < 4.78 is 26.9. The van der Waals surface area contributed by atoms with E-state index in [1.54, 1.807) is 0 Å². The Morgan fingerprint density at radius 3 is 2.06 bits per heavy atom. The summed E-state index contributed by atoms with van der Waals surface area (Å²) in [7, 11) is -3.52. The molecule has 0 atom stereocenters. The zero-order valence-electron chi connectivity index (χ0n) is 10.4. The minimum Gasteiger partial charge on any atom is -0.508 e. The van der Waals surface area contributed by atoms with Crippen molar-refractivity contribution in [1.29, 1.82) is 0 Å². The van der Waals surface area contributed by atoms with Gasteiger partial charge in [0.2, 0.25) is 10.0 Å². The van der Waals surface area contributed by atoms with Crippen LogP contribution in [0.15, 0.2) is 29.2 Å². The highest BCUT2D eigenvalue weighted by Crippen LogP contribution is 2.20. The lowest BCUT2D eigenvalue weighted by Crippen LogP contribution is -2.44. The zero-order valence-corrected chi connectivity index (χ0v) is 11.2. The van der Waals surface area contributed by atoms with Gasteiger partial charge in [-0.3, -0.25) is 0 Å². The monoisotopic (exact) mass is 257 g/mol. The summed E-state index contributed by atoms with van der Waals surface area (Å²) in [6.45, 7) is 5.77. The van der Waals surface area contributed by atoms with Crippen LogP contribution < -0.4 is 4.72 Å². The highest BCUT2D eigenvalue weighted by atomic mass is 32.2. The van der Waals surface area contributed by atoms with Crippen molar-refractivity contribution in [2.24, 2.45) is 0 Å². The van der Waals surface area contributed by atoms with Gasteiger partial charge < -0.3 is 5.11 Å². The van der Waals surface area contributed by atoms with Crippen molar-refractivity contribution in [3.8, 4) is 5.75 Å². The van der Waals surface area contributed by atoms with Crippen LogP contribution in [0.1, 0.15) is 33.6 Å². The maximum absolute atomic E-state index is 12.1. The molecule has 0 saturated carbocycles. The SMILES string of the molecule is CCC(C)(CC)NS(=O)(=O)c1ccc(O)cc1. The summed E-state index contributed by atoms with van der Waals surface area (Å²) in [5.41, 5.74) is -0.434. The largest absolute Gasteiger partial charge is 0.508 e. The Bertz CT molecular complexity index is 461. The number of sulfonamides is 1. The Morgan fingerprint density at radius 2 is 1.65 bits per heavy atom. The molecule has 0 heterocycles. The second-order valence-corrected chi connectivity index (χ2v) is 6.05. The molecule has 2 N–H and O–H groups in total. The second kappa shape index (κ2) is 5.06. The lowest BCUT2D eigenvalue weighted by molar-refractivity contribution is 0.388. The molecule has 0 radical (unpaired) electrons. The van der Waals surface area contributed by atoms with Crippen molar-refractivity contribution in [2.45, 2.75) is 44.0 Å². The molecule has 5 heteroatoms. The number of phenolic OH excluding ortho intramolecular Hbond substituents is 1. The summed E-state index contributed by atoms with van der Waals surface area (Å²) in [6.07, 6.45) is 1.45. The fraction of sp³-hybridized carbons (Fsp3) is 0.500. The van der Waals surface area contributed by atoms with Crippen molar-refractivity contribution in [3.05, 3.63) is 24.3 Å². The van der Waals surface area contributed by atoms with Gasteiger partial charge in [-0.25, -0.2) is 13.1 Å². The Kier molecular flexibility index (Phi) is 4.16. The quantitative estimate of drug-likeness (QED) is 0.850. The minimum atomic E-state index is -3.52. The number of rotatable bonds is 5. The summed E-state index contributed by atoms with van der Waals surface area (Å²) in [5.74, 6) is 0.0534. The van der Waals surface area contributed by atoms with E-state index in [1.165, 1.54) is 24.3 Å². The molecule has 0 unspecified atom stereocenters. The number of hydrogen-bond donors (Lipinski definition) is 2. The van der Waals surface area contributed by atoms with Gasteiger partial charge in [-0.05, 0) is 44.0 Å². The van der Waals surface area contributed by atoms with Gasteiger partial charge in [-0.1, -0.05) is 13.8 Å². The number of hydrogen-bond acceptors (Lipinski definition) is 3. The van der Waals surface area contributed by atoms with Crippen LogP contribution in [0.2, 0.25) is 0 Å². The van der Waals surface area contributed by atoms with Gasteiger partial charge in [0.15, 0.2) is 0 Å². The van der Waals surface area contributed by atoms with Gasteiger partial charge in [0.25, 0.3) is 0 Å². The predicted octanol–water partition coefficient (Wildman–Crippen LogP) is 2.25. The highest BCUT2D eigenvalue weighted by Gasteiger charge is 2.27. The standard InChI is InChI=1S/C12H19NO3S/c1-4-12(3,5-2)13-17(15,16)11-8-6-10(14)7-9-11/h6-9,13-14H,4-5H2,1-3H3. The Balaban J connectivity index is 3.00. The van der Waals surface area contributed by atoms with E-state index in [2.05, 4.69) is 4.72 Å². The molecule has 4 nitrogen and oxygen atoms in total. The maximum atomic E-state index is 12.1. The van der Waals surface area contributed by atoms with E-state index in [0.717, 1.165) is 12.8 Å². The first-order valence-electron chi connectivity index (χ1n) is 5.66. The van der Waals surface area contributed by atoms with E-state index in [1.807, 2.05) is 20.8 Å². The van der Waals surface area contributed by atoms with Gasteiger partial charge in [-0.15, -0.1) is 0 Å². The Labute approximate surface area is 103 Å². The molecule has 17 heavy (non-hydrogen) atoms. The van der Waals surface area contributed by atoms with Crippen molar-refractivity contribution < 1.29 is 13.5 Å². The van der Waals surface area contributed by atoms with Crippen molar-refractivity contribution in [3.63, 3.8) is 0 Å². The molecule has 0 aliphatic heterocycles. The minimum absolute atomic E-state index is 0.0534. The summed E-state index contributed by atoms with van der Waals surface area (Å²) in [5, 5.41) is 9.13. The molecular weight excluding hydrogens is 238 g/mol. The van der Waals surface area contributed by atoms with Crippen LogP contribution in [0.25, 0.3) is 0 Å². The third-order valence-electron chi connectivity index (χ3n) is 3.09. The van der Waals surface area contributed by atoms with E-state index in [-0.39, 0.29) is 10.6 Å². The van der Waals surface area contributed by atoms with Crippen molar-refractivity contribution in [1.82, 2.24) is 4.72 Å². The molecular formula is C12H19NO3S. The molecule has 0 aromatic heterocycles. The lowest BCUT2D eigenvalue weighted by Gasteiger charge is -2.27. The number of aromatic hydroxyl groups is 1. The van der Waals surface area contributed by atoms with Gasteiger partial charge in [-0.2, -0.15) is 0 Å². The summed E-state index contributed by atoms with van der Waals surface area (Å²) in [6, 6.07) is 5.51. The molecule has 0 aliphatic rings. The molecule has 1 aromatic carbocycles. The Morgan fingerprint density at radius 1 is 1.18 bits per heavy atom. The summed E-state index contributed by atoms with van der Waals surface area (Å²) >= 11 is 0. The molecule has 0 bridgehead atoms. The highest BCUT2D eigenvalue weighted by molar-refractivity contribution is 7.89. The lowest BCUT2D eigenvalue weighted by atomic mass is 9.98. The van der Waals surface area contributed by atoms with Crippen LogP contribution in [0, 0.1) is 0 Å². The fourth-order valence-electron chi connectivity index (χ4n) is 1.40. The van der Waals surface area contributed by atoms with Crippen molar-refractivity contribution in [2.75, 3.05) is 0 Å².